The zero-order chi connectivity index (χ0) is 21.3. The largest absolute Gasteiger partial charge is 0.505 e. The van der Waals surface area contributed by atoms with Crippen LogP contribution in [0.5, 0.6) is 17.2 Å². The molecule has 0 bridgehead atoms. The van der Waals surface area contributed by atoms with Gasteiger partial charge in [0.15, 0.2) is 11.4 Å². The highest BCUT2D eigenvalue weighted by atomic mass is 35.5. The maximum absolute atomic E-state index is 12.5. The lowest BCUT2D eigenvalue weighted by Crippen LogP contribution is -2.31. The number of halogens is 1. The molecule has 1 saturated carbocycles. The third-order valence-electron chi connectivity index (χ3n) is 4.81. The molecule has 1 amide bonds. The number of pyridine rings is 1. The first kappa shape index (κ1) is 20.0. The zero-order valence-electron chi connectivity index (χ0n) is 16.1. The van der Waals surface area contributed by atoms with Crippen molar-refractivity contribution in [2.75, 3.05) is 13.7 Å². The van der Waals surface area contributed by atoms with Gasteiger partial charge in [-0.05, 0) is 49.2 Å². The Morgan fingerprint density at radius 3 is 2.63 bits per heavy atom. The number of hydrogen-bond acceptors (Lipinski definition) is 6. The average molecular weight is 427 g/mol. The molecular weight excluding hydrogens is 408 g/mol. The summed E-state index contributed by atoms with van der Waals surface area (Å²) in [6.45, 7) is -0.306. The Morgan fingerprint density at radius 2 is 1.93 bits per heavy atom. The number of amides is 1. The minimum Gasteiger partial charge on any atom is -0.505 e. The monoisotopic (exact) mass is 426 g/mol. The van der Waals surface area contributed by atoms with E-state index in [9.17, 15) is 14.7 Å². The van der Waals surface area contributed by atoms with Gasteiger partial charge < -0.3 is 19.9 Å². The van der Waals surface area contributed by atoms with Crippen molar-refractivity contribution < 1.29 is 24.2 Å². The normalized spacial score (nSPS) is 13.1. The number of carbonyl (C=O) groups excluding carboxylic acids is 2. The van der Waals surface area contributed by atoms with Gasteiger partial charge in [-0.15, -0.1) is 0 Å². The van der Waals surface area contributed by atoms with Gasteiger partial charge in [0.05, 0.1) is 12.8 Å². The van der Waals surface area contributed by atoms with Crippen LogP contribution in [-0.4, -0.2) is 35.6 Å². The predicted octanol–water partition coefficient (Wildman–Crippen LogP) is 4.17. The molecule has 0 radical (unpaired) electrons. The number of ether oxygens (including phenoxy) is 2. The molecule has 0 saturated heterocycles. The molecule has 1 aromatic heterocycles. The first-order valence-electron chi connectivity index (χ1n) is 9.41. The molecule has 0 spiro atoms. The Labute approximate surface area is 177 Å². The first-order valence-corrected chi connectivity index (χ1v) is 9.79. The fourth-order valence-electron chi connectivity index (χ4n) is 3.17. The fourth-order valence-corrected chi connectivity index (χ4v) is 3.35. The Balaban J connectivity index is 1.71. The molecule has 3 aromatic rings. The molecule has 154 valence electrons. The minimum atomic E-state index is -0.638. The lowest BCUT2D eigenvalue weighted by molar-refractivity contribution is -0.139. The summed E-state index contributed by atoms with van der Waals surface area (Å²) < 4.78 is 10.4. The highest BCUT2D eigenvalue weighted by Crippen LogP contribution is 2.45. The average Bonchev–Trinajstić information content (AvgIpc) is 3.57. The molecule has 1 aliphatic rings. The fraction of sp³-hybridized carbons (Fsp3) is 0.227. The molecule has 8 heteroatoms. The van der Waals surface area contributed by atoms with Crippen LogP contribution in [0.25, 0.3) is 10.8 Å². The van der Waals surface area contributed by atoms with E-state index in [1.54, 1.807) is 42.5 Å². The Bertz CT molecular complexity index is 1140. The molecule has 7 nitrogen and oxygen atoms in total. The summed E-state index contributed by atoms with van der Waals surface area (Å²) in [7, 11) is 1.23. The van der Waals surface area contributed by atoms with Gasteiger partial charge in [-0.1, -0.05) is 17.7 Å². The van der Waals surface area contributed by atoms with Crippen LogP contribution in [0, 0.1) is 0 Å². The number of benzene rings is 2. The van der Waals surface area contributed by atoms with Crippen molar-refractivity contribution in [3.8, 4) is 17.2 Å². The van der Waals surface area contributed by atoms with E-state index in [1.807, 2.05) is 0 Å². The number of aromatic hydroxyl groups is 1. The number of carbonyl (C=O) groups is 2. The van der Waals surface area contributed by atoms with Crippen LogP contribution in [-0.2, 0) is 9.53 Å². The van der Waals surface area contributed by atoms with Crippen molar-refractivity contribution >= 4 is 34.2 Å². The Morgan fingerprint density at radius 1 is 1.17 bits per heavy atom. The summed E-state index contributed by atoms with van der Waals surface area (Å²) in [5.41, 5.74) is 0.611. The third-order valence-corrected chi connectivity index (χ3v) is 5.05. The summed E-state index contributed by atoms with van der Waals surface area (Å²) in [6, 6.07) is 12.2. The molecule has 0 atom stereocenters. The quantitative estimate of drug-likeness (QED) is 0.574. The van der Waals surface area contributed by atoms with Crippen LogP contribution in [0.15, 0.2) is 42.5 Å². The molecule has 0 unspecified atom stereocenters. The van der Waals surface area contributed by atoms with Crippen LogP contribution in [0.4, 0.5) is 0 Å². The second-order valence-electron chi connectivity index (χ2n) is 6.99. The van der Waals surface area contributed by atoms with E-state index in [-0.39, 0.29) is 23.9 Å². The highest BCUT2D eigenvalue weighted by molar-refractivity contribution is 6.30. The number of esters is 1. The van der Waals surface area contributed by atoms with Gasteiger partial charge in [0.2, 0.25) is 0 Å². The van der Waals surface area contributed by atoms with Crippen molar-refractivity contribution in [2.45, 2.75) is 18.8 Å². The van der Waals surface area contributed by atoms with Crippen molar-refractivity contribution in [2.24, 2.45) is 0 Å². The lowest BCUT2D eigenvalue weighted by Gasteiger charge is -2.13. The Kier molecular flexibility index (Phi) is 5.46. The van der Waals surface area contributed by atoms with E-state index in [0.717, 1.165) is 23.9 Å². The standard InChI is InChI=1S/C22H19ClN2O5/c1-29-18(26)11-24-22(28)20-21(27)16-8-7-15(30-14-4-2-3-13(23)9-14)10-17(16)19(25-20)12-5-6-12/h2-4,7-10,12,27H,5-6,11H2,1H3,(H,24,28). The number of methoxy groups -OCH3 is 1. The van der Waals surface area contributed by atoms with E-state index in [1.165, 1.54) is 7.11 Å². The lowest BCUT2D eigenvalue weighted by atomic mass is 10.0. The zero-order valence-corrected chi connectivity index (χ0v) is 16.9. The van der Waals surface area contributed by atoms with Crippen molar-refractivity contribution in [3.05, 3.63) is 58.9 Å². The number of aromatic nitrogens is 1. The molecule has 0 aliphatic heterocycles. The van der Waals surface area contributed by atoms with Crippen LogP contribution >= 0.6 is 11.6 Å². The summed E-state index contributed by atoms with van der Waals surface area (Å²) in [5, 5.41) is 14.9. The number of fused-ring (bicyclic) bond motifs is 1. The molecular formula is C22H19ClN2O5. The van der Waals surface area contributed by atoms with Crippen molar-refractivity contribution in [3.63, 3.8) is 0 Å². The summed E-state index contributed by atoms with van der Waals surface area (Å²) in [5.74, 6) is -0.107. The number of rotatable bonds is 6. The maximum Gasteiger partial charge on any atom is 0.325 e. The van der Waals surface area contributed by atoms with E-state index in [4.69, 9.17) is 16.3 Å². The second kappa shape index (κ2) is 8.20. The minimum absolute atomic E-state index is 0.114. The van der Waals surface area contributed by atoms with Crippen molar-refractivity contribution in [1.82, 2.24) is 10.3 Å². The van der Waals surface area contributed by atoms with Gasteiger partial charge in [0, 0.05) is 21.7 Å². The van der Waals surface area contributed by atoms with Crippen molar-refractivity contribution in [1.29, 1.82) is 0 Å². The highest BCUT2D eigenvalue weighted by Gasteiger charge is 2.30. The third kappa shape index (κ3) is 4.16. The van der Waals surface area contributed by atoms with Crippen LogP contribution in [0.1, 0.15) is 34.9 Å². The van der Waals surface area contributed by atoms with Gasteiger partial charge in [-0.3, -0.25) is 9.59 Å². The van der Waals surface area contributed by atoms with Gasteiger partial charge in [-0.25, -0.2) is 4.98 Å². The summed E-state index contributed by atoms with van der Waals surface area (Å²) in [6.07, 6.45) is 1.91. The predicted molar refractivity (Wildman–Crippen MR) is 111 cm³/mol. The van der Waals surface area contributed by atoms with Gasteiger partial charge >= 0.3 is 5.97 Å². The van der Waals surface area contributed by atoms with Crippen LogP contribution in [0.2, 0.25) is 5.02 Å². The molecule has 4 rings (SSSR count). The van der Waals surface area contributed by atoms with E-state index in [0.29, 0.717) is 21.9 Å². The summed E-state index contributed by atoms with van der Waals surface area (Å²) in [4.78, 5) is 28.2. The maximum atomic E-state index is 12.5. The van der Waals surface area contributed by atoms with E-state index in [2.05, 4.69) is 15.0 Å². The number of hydrogen-bond donors (Lipinski definition) is 2. The van der Waals surface area contributed by atoms with Crippen LogP contribution in [0.3, 0.4) is 0 Å². The number of nitrogens with one attached hydrogen (secondary N) is 1. The summed E-state index contributed by atoms with van der Waals surface area (Å²) >= 11 is 6.01. The SMILES string of the molecule is COC(=O)CNC(=O)c1nc(C2CC2)c2cc(Oc3cccc(Cl)c3)ccc2c1O. The first-order chi connectivity index (χ1) is 14.5. The topological polar surface area (TPSA) is 97.8 Å². The van der Waals surface area contributed by atoms with E-state index < -0.39 is 11.9 Å². The van der Waals surface area contributed by atoms with Gasteiger partial charge in [0.1, 0.15) is 18.0 Å². The van der Waals surface area contributed by atoms with Gasteiger partial charge in [0.25, 0.3) is 5.91 Å². The smallest absolute Gasteiger partial charge is 0.325 e. The molecule has 1 heterocycles. The molecule has 1 fully saturated rings. The molecule has 2 N–H and O–H groups in total. The Hall–Kier alpha value is -3.32. The molecule has 2 aromatic carbocycles. The van der Waals surface area contributed by atoms with E-state index >= 15 is 0 Å². The number of nitrogens with zero attached hydrogens (tertiary/aromatic N) is 1. The van der Waals surface area contributed by atoms with Crippen LogP contribution < -0.4 is 10.1 Å². The van der Waals surface area contributed by atoms with Gasteiger partial charge in [-0.2, -0.15) is 0 Å². The molecule has 30 heavy (non-hydrogen) atoms. The second-order valence-corrected chi connectivity index (χ2v) is 7.43. The molecule has 1 aliphatic carbocycles.